The Kier molecular flexibility index (Phi) is 4.01. The van der Waals surface area contributed by atoms with Crippen molar-refractivity contribution in [1.29, 1.82) is 0 Å². The van der Waals surface area contributed by atoms with Crippen molar-refractivity contribution in [3.63, 3.8) is 0 Å². The van der Waals surface area contributed by atoms with Crippen LogP contribution < -0.4 is 0 Å². The third kappa shape index (κ3) is 3.12. The summed E-state index contributed by atoms with van der Waals surface area (Å²) in [7, 11) is 0. The number of carbonyl (C=O) groups is 1. The molecule has 1 aromatic rings. The number of halogens is 8. The van der Waals surface area contributed by atoms with Crippen molar-refractivity contribution < 1.29 is 44.7 Å². The van der Waals surface area contributed by atoms with Gasteiger partial charge in [0, 0.05) is 0 Å². The molecule has 0 aliphatic rings. The van der Waals surface area contributed by atoms with Crippen molar-refractivity contribution in [2.45, 2.75) is 6.18 Å². The van der Waals surface area contributed by atoms with Crippen molar-refractivity contribution in [1.82, 2.24) is 0 Å². The zero-order valence-corrected chi connectivity index (χ0v) is 8.55. The van der Waals surface area contributed by atoms with Crippen molar-refractivity contribution in [2.24, 2.45) is 0 Å². The van der Waals surface area contributed by atoms with Crippen molar-refractivity contribution in [3.05, 3.63) is 34.6 Å². The standard InChI is InChI=1S/C9H2F8O2/c10-3-2(8(18)19-1-9(15,16)17)4(11)6(13)7(14)5(3)12/h1H2. The lowest BCUT2D eigenvalue weighted by Crippen LogP contribution is -2.22. The number of esters is 1. The van der Waals surface area contributed by atoms with Crippen LogP contribution in [0.25, 0.3) is 0 Å². The molecule has 0 N–H and O–H groups in total. The van der Waals surface area contributed by atoms with Gasteiger partial charge in [-0.15, -0.1) is 0 Å². The third-order valence-electron chi connectivity index (χ3n) is 1.78. The van der Waals surface area contributed by atoms with Crippen LogP contribution in [0.4, 0.5) is 35.1 Å². The average molecular weight is 294 g/mol. The fourth-order valence-corrected chi connectivity index (χ4v) is 1.00. The van der Waals surface area contributed by atoms with Crippen molar-refractivity contribution in [3.8, 4) is 0 Å². The fourth-order valence-electron chi connectivity index (χ4n) is 1.00. The maximum Gasteiger partial charge on any atom is 0.422 e. The molecule has 0 aliphatic heterocycles. The molecule has 0 unspecified atom stereocenters. The Morgan fingerprint density at radius 2 is 1.21 bits per heavy atom. The van der Waals surface area contributed by atoms with Gasteiger partial charge in [0.05, 0.1) is 0 Å². The van der Waals surface area contributed by atoms with Crippen LogP contribution in [-0.4, -0.2) is 18.8 Å². The summed E-state index contributed by atoms with van der Waals surface area (Å²) < 4.78 is 102. The monoisotopic (exact) mass is 294 g/mol. The first-order valence-corrected chi connectivity index (χ1v) is 4.31. The van der Waals surface area contributed by atoms with E-state index in [0.717, 1.165) is 0 Å². The molecule has 1 rings (SSSR count). The first-order valence-electron chi connectivity index (χ1n) is 4.31. The molecule has 1 aromatic carbocycles. The van der Waals surface area contributed by atoms with Crippen LogP contribution in [-0.2, 0) is 4.74 Å². The van der Waals surface area contributed by atoms with E-state index >= 15 is 0 Å². The largest absolute Gasteiger partial charge is 0.452 e. The molecule has 0 atom stereocenters. The van der Waals surface area contributed by atoms with Crippen molar-refractivity contribution >= 4 is 5.97 Å². The quantitative estimate of drug-likeness (QED) is 0.362. The predicted molar refractivity (Wildman–Crippen MR) is 42.6 cm³/mol. The lowest BCUT2D eigenvalue weighted by Gasteiger charge is -2.10. The molecule has 0 saturated heterocycles. The highest BCUT2D eigenvalue weighted by molar-refractivity contribution is 5.90. The second-order valence-electron chi connectivity index (χ2n) is 3.14. The third-order valence-corrected chi connectivity index (χ3v) is 1.78. The van der Waals surface area contributed by atoms with Gasteiger partial charge in [0.15, 0.2) is 29.9 Å². The maximum atomic E-state index is 13.0. The van der Waals surface area contributed by atoms with Crippen LogP contribution in [0.1, 0.15) is 10.4 Å². The molecule has 0 spiro atoms. The Balaban J connectivity index is 3.18. The van der Waals surface area contributed by atoms with E-state index in [1.54, 1.807) is 0 Å². The number of ether oxygens (including phenoxy) is 1. The summed E-state index contributed by atoms with van der Waals surface area (Å²) in [6.07, 6.45) is -5.01. The highest BCUT2D eigenvalue weighted by Crippen LogP contribution is 2.24. The predicted octanol–water partition coefficient (Wildman–Crippen LogP) is 3.10. The SMILES string of the molecule is O=C(OCC(F)(F)F)c1c(F)c(F)c(F)c(F)c1F. The molecule has 19 heavy (non-hydrogen) atoms. The summed E-state index contributed by atoms with van der Waals surface area (Å²) in [5.74, 6) is -14.9. The topological polar surface area (TPSA) is 26.3 Å². The molecule has 0 bridgehead atoms. The highest BCUT2D eigenvalue weighted by atomic mass is 19.4. The molecule has 0 aromatic heterocycles. The summed E-state index contributed by atoms with van der Waals surface area (Å²) in [5.41, 5.74) is -2.08. The molecule has 2 nitrogen and oxygen atoms in total. The number of alkyl halides is 3. The highest BCUT2D eigenvalue weighted by Gasteiger charge is 2.34. The van der Waals surface area contributed by atoms with E-state index in [1.807, 2.05) is 0 Å². The Bertz CT molecular complexity index is 493. The lowest BCUT2D eigenvalue weighted by molar-refractivity contribution is -0.161. The minimum atomic E-state index is -5.01. The Hall–Kier alpha value is -1.87. The smallest absolute Gasteiger partial charge is 0.422 e. The maximum absolute atomic E-state index is 13.0. The van der Waals surface area contributed by atoms with E-state index in [0.29, 0.717) is 0 Å². The minimum Gasteiger partial charge on any atom is -0.452 e. The van der Waals surface area contributed by atoms with Crippen LogP contribution >= 0.6 is 0 Å². The first kappa shape index (κ1) is 15.2. The van der Waals surface area contributed by atoms with Crippen molar-refractivity contribution in [2.75, 3.05) is 6.61 Å². The number of rotatable bonds is 2. The number of hydrogen-bond acceptors (Lipinski definition) is 2. The van der Waals surface area contributed by atoms with Gasteiger partial charge in [-0.1, -0.05) is 0 Å². The van der Waals surface area contributed by atoms with Gasteiger partial charge in [-0.25, -0.2) is 26.7 Å². The van der Waals surface area contributed by atoms with Crippen LogP contribution in [0.2, 0.25) is 0 Å². The van der Waals surface area contributed by atoms with Gasteiger partial charge in [0.2, 0.25) is 5.82 Å². The number of benzene rings is 1. The van der Waals surface area contributed by atoms with Gasteiger partial charge in [0.25, 0.3) is 0 Å². The van der Waals surface area contributed by atoms with Gasteiger partial charge in [-0.2, -0.15) is 13.2 Å². The number of hydrogen-bond donors (Lipinski definition) is 0. The van der Waals surface area contributed by atoms with Crippen LogP contribution in [0, 0.1) is 29.1 Å². The molecule has 106 valence electrons. The van der Waals surface area contributed by atoms with Gasteiger partial charge in [-0.3, -0.25) is 0 Å². The molecule has 0 saturated carbocycles. The van der Waals surface area contributed by atoms with Crippen LogP contribution in [0.15, 0.2) is 0 Å². The molecule has 0 radical (unpaired) electrons. The van der Waals surface area contributed by atoms with Crippen LogP contribution in [0.3, 0.4) is 0 Å². The Morgan fingerprint density at radius 1 is 0.842 bits per heavy atom. The molecule has 10 heteroatoms. The Morgan fingerprint density at radius 3 is 1.58 bits per heavy atom. The summed E-state index contributed by atoms with van der Waals surface area (Å²) in [4.78, 5) is 10.9. The van der Waals surface area contributed by atoms with E-state index in [9.17, 15) is 39.9 Å². The summed E-state index contributed by atoms with van der Waals surface area (Å²) in [5, 5.41) is 0. The Labute approximate surface area is 99.1 Å². The van der Waals surface area contributed by atoms with Gasteiger partial charge >= 0.3 is 12.1 Å². The van der Waals surface area contributed by atoms with E-state index in [1.165, 1.54) is 0 Å². The lowest BCUT2D eigenvalue weighted by atomic mass is 10.1. The normalized spacial score (nSPS) is 11.6. The summed E-state index contributed by atoms with van der Waals surface area (Å²) in [6.45, 7) is -2.23. The molecular weight excluding hydrogens is 292 g/mol. The average Bonchev–Trinajstić information content (AvgIpc) is 2.31. The van der Waals surface area contributed by atoms with E-state index in [4.69, 9.17) is 0 Å². The first-order chi connectivity index (χ1) is 8.56. The zero-order valence-electron chi connectivity index (χ0n) is 8.55. The number of carbonyl (C=O) groups excluding carboxylic acids is 1. The van der Waals surface area contributed by atoms with E-state index < -0.39 is 53.4 Å². The van der Waals surface area contributed by atoms with E-state index in [-0.39, 0.29) is 0 Å². The molecular formula is C9H2F8O2. The molecule has 0 fully saturated rings. The second kappa shape index (κ2) is 5.02. The van der Waals surface area contributed by atoms with Gasteiger partial charge in [0.1, 0.15) is 5.56 Å². The molecule has 0 aliphatic carbocycles. The summed E-state index contributed by atoms with van der Waals surface area (Å²) in [6, 6.07) is 0. The van der Waals surface area contributed by atoms with Gasteiger partial charge < -0.3 is 4.74 Å². The van der Waals surface area contributed by atoms with E-state index in [2.05, 4.69) is 4.74 Å². The van der Waals surface area contributed by atoms with Gasteiger partial charge in [-0.05, 0) is 0 Å². The molecule has 0 heterocycles. The van der Waals surface area contributed by atoms with Crippen LogP contribution in [0.5, 0.6) is 0 Å². The zero-order chi connectivity index (χ0) is 15.0. The second-order valence-corrected chi connectivity index (χ2v) is 3.14. The minimum absolute atomic E-state index is 2.08. The fraction of sp³-hybridized carbons (Fsp3) is 0.222. The summed E-state index contributed by atoms with van der Waals surface area (Å²) >= 11 is 0. The molecule has 0 amide bonds.